The zero-order valence-corrected chi connectivity index (χ0v) is 18.1. The molecule has 1 saturated heterocycles. The lowest BCUT2D eigenvalue weighted by atomic mass is 9.98. The van der Waals surface area contributed by atoms with E-state index in [2.05, 4.69) is 4.90 Å². The molecule has 1 fully saturated rings. The van der Waals surface area contributed by atoms with E-state index in [1.165, 1.54) is 0 Å². The zero-order valence-electron chi connectivity index (χ0n) is 18.1. The number of rotatable bonds is 6. The van der Waals surface area contributed by atoms with Crippen molar-refractivity contribution >= 4 is 16.9 Å². The Hall–Kier alpha value is -3.16. The van der Waals surface area contributed by atoms with Crippen molar-refractivity contribution in [1.29, 1.82) is 0 Å². The molecule has 7 nitrogen and oxygen atoms in total. The third-order valence-corrected chi connectivity index (χ3v) is 6.14. The SMILES string of the molecule is CCOc1ccc([C@H]2c3c(oc4ccccc4c3=O)C(=O)N2CCN2CCOCC2)cc1. The summed E-state index contributed by atoms with van der Waals surface area (Å²) in [7, 11) is 0. The first-order valence-electron chi connectivity index (χ1n) is 11.1. The van der Waals surface area contributed by atoms with E-state index in [9.17, 15) is 9.59 Å². The lowest BCUT2D eigenvalue weighted by Crippen LogP contribution is -2.42. The smallest absolute Gasteiger partial charge is 0.290 e. The van der Waals surface area contributed by atoms with Crippen LogP contribution in [0.5, 0.6) is 5.75 Å². The van der Waals surface area contributed by atoms with Crippen molar-refractivity contribution in [3.05, 3.63) is 75.6 Å². The van der Waals surface area contributed by atoms with E-state index in [1.54, 1.807) is 23.1 Å². The number of hydrogen-bond donors (Lipinski definition) is 0. The zero-order chi connectivity index (χ0) is 22.1. The molecule has 0 saturated carbocycles. The molecule has 166 valence electrons. The summed E-state index contributed by atoms with van der Waals surface area (Å²) in [4.78, 5) is 31.0. The van der Waals surface area contributed by atoms with Crippen molar-refractivity contribution < 1.29 is 18.7 Å². The summed E-state index contributed by atoms with van der Waals surface area (Å²) in [6.07, 6.45) is 0. The summed E-state index contributed by atoms with van der Waals surface area (Å²) in [6.45, 7) is 6.78. The first-order valence-corrected chi connectivity index (χ1v) is 11.1. The van der Waals surface area contributed by atoms with Crippen LogP contribution in [0.15, 0.2) is 57.7 Å². The molecule has 1 aromatic heterocycles. The van der Waals surface area contributed by atoms with Gasteiger partial charge in [-0.05, 0) is 36.8 Å². The molecular formula is C25H26N2O5. The number of morpholine rings is 1. The average Bonchev–Trinajstić information content (AvgIpc) is 3.11. The summed E-state index contributed by atoms with van der Waals surface area (Å²) in [5, 5.41) is 0.491. The number of fused-ring (bicyclic) bond motifs is 2. The van der Waals surface area contributed by atoms with Crippen LogP contribution in [0.1, 0.15) is 34.6 Å². The van der Waals surface area contributed by atoms with Crippen molar-refractivity contribution in [3.8, 4) is 5.75 Å². The molecule has 7 heteroatoms. The van der Waals surface area contributed by atoms with Crippen LogP contribution < -0.4 is 10.2 Å². The summed E-state index contributed by atoms with van der Waals surface area (Å²) >= 11 is 0. The van der Waals surface area contributed by atoms with Crippen molar-refractivity contribution in [3.63, 3.8) is 0 Å². The summed E-state index contributed by atoms with van der Waals surface area (Å²) in [5.74, 6) is 0.663. The molecule has 1 amide bonds. The fourth-order valence-electron chi connectivity index (χ4n) is 4.53. The minimum Gasteiger partial charge on any atom is -0.494 e. The van der Waals surface area contributed by atoms with Crippen LogP contribution in [0.25, 0.3) is 11.0 Å². The van der Waals surface area contributed by atoms with E-state index < -0.39 is 6.04 Å². The monoisotopic (exact) mass is 434 g/mol. The molecule has 0 spiro atoms. The lowest BCUT2D eigenvalue weighted by Gasteiger charge is -2.31. The normalized spacial score (nSPS) is 18.8. The maximum Gasteiger partial charge on any atom is 0.290 e. The van der Waals surface area contributed by atoms with Crippen LogP contribution >= 0.6 is 0 Å². The topological polar surface area (TPSA) is 72.2 Å². The average molecular weight is 434 g/mol. The number of hydrogen-bond acceptors (Lipinski definition) is 6. The molecule has 32 heavy (non-hydrogen) atoms. The van der Waals surface area contributed by atoms with Gasteiger partial charge in [-0.2, -0.15) is 0 Å². The van der Waals surface area contributed by atoms with Gasteiger partial charge in [0.05, 0.1) is 36.8 Å². The molecule has 2 aliphatic heterocycles. The van der Waals surface area contributed by atoms with Crippen LogP contribution in [0, 0.1) is 0 Å². The van der Waals surface area contributed by atoms with Crippen LogP contribution in [-0.4, -0.2) is 61.7 Å². The van der Waals surface area contributed by atoms with Crippen LogP contribution in [0.3, 0.4) is 0 Å². The number of nitrogens with zero attached hydrogens (tertiary/aromatic N) is 2. The minimum absolute atomic E-state index is 0.148. The molecule has 0 aliphatic carbocycles. The van der Waals surface area contributed by atoms with Crippen LogP contribution in [-0.2, 0) is 4.74 Å². The van der Waals surface area contributed by atoms with Crippen molar-refractivity contribution in [1.82, 2.24) is 9.80 Å². The third-order valence-electron chi connectivity index (χ3n) is 6.14. The van der Waals surface area contributed by atoms with E-state index in [0.29, 0.717) is 49.4 Å². The first kappa shape index (κ1) is 20.7. The Labute approximate surface area is 186 Å². The highest BCUT2D eigenvalue weighted by Gasteiger charge is 2.42. The fraction of sp³-hybridized carbons (Fsp3) is 0.360. The van der Waals surface area contributed by atoms with Gasteiger partial charge in [0.15, 0.2) is 5.43 Å². The molecule has 1 atom stereocenters. The third kappa shape index (κ3) is 3.67. The maximum absolute atomic E-state index is 13.5. The Kier molecular flexibility index (Phi) is 5.68. The van der Waals surface area contributed by atoms with E-state index in [1.807, 2.05) is 37.3 Å². The van der Waals surface area contributed by atoms with Gasteiger partial charge in [-0.25, -0.2) is 0 Å². The van der Waals surface area contributed by atoms with Gasteiger partial charge in [0, 0.05) is 26.2 Å². The number of ether oxygens (including phenoxy) is 2. The highest BCUT2D eigenvalue weighted by molar-refractivity contribution is 5.99. The summed E-state index contributed by atoms with van der Waals surface area (Å²) < 4.78 is 17.0. The Morgan fingerprint density at radius 3 is 2.50 bits per heavy atom. The molecule has 3 aromatic rings. The number of amides is 1. The van der Waals surface area contributed by atoms with E-state index in [4.69, 9.17) is 13.9 Å². The Morgan fingerprint density at radius 1 is 1.00 bits per heavy atom. The molecule has 0 N–H and O–H groups in total. The number of benzene rings is 2. The minimum atomic E-state index is -0.491. The predicted molar refractivity (Wildman–Crippen MR) is 120 cm³/mol. The van der Waals surface area contributed by atoms with Gasteiger partial charge in [0.2, 0.25) is 5.76 Å². The molecular weight excluding hydrogens is 408 g/mol. The molecule has 3 heterocycles. The molecule has 0 unspecified atom stereocenters. The number of carbonyl (C=O) groups is 1. The van der Waals surface area contributed by atoms with Crippen molar-refractivity contribution in [2.75, 3.05) is 46.0 Å². The van der Waals surface area contributed by atoms with Crippen LogP contribution in [0.2, 0.25) is 0 Å². The van der Waals surface area contributed by atoms with E-state index in [-0.39, 0.29) is 17.1 Å². The second-order valence-corrected chi connectivity index (χ2v) is 8.03. The molecule has 2 aliphatic rings. The van der Waals surface area contributed by atoms with Gasteiger partial charge in [-0.15, -0.1) is 0 Å². The van der Waals surface area contributed by atoms with Gasteiger partial charge in [-0.1, -0.05) is 24.3 Å². The Morgan fingerprint density at radius 2 is 1.75 bits per heavy atom. The Balaban J connectivity index is 1.56. The predicted octanol–water partition coefficient (Wildman–Crippen LogP) is 3.07. The molecule has 5 rings (SSSR count). The van der Waals surface area contributed by atoms with Gasteiger partial charge in [-0.3, -0.25) is 14.5 Å². The maximum atomic E-state index is 13.5. The number of carbonyl (C=O) groups excluding carboxylic acids is 1. The van der Waals surface area contributed by atoms with Crippen LogP contribution in [0.4, 0.5) is 0 Å². The quantitative estimate of drug-likeness (QED) is 0.594. The standard InChI is InChI=1S/C25H26N2O5/c1-2-31-18-9-7-17(8-10-18)22-21-23(28)19-5-3-4-6-20(19)32-24(21)25(29)27(22)12-11-26-13-15-30-16-14-26/h3-10,22H,2,11-16H2,1H3/t22-/m0/s1. The summed E-state index contributed by atoms with van der Waals surface area (Å²) in [5.41, 5.74) is 1.57. The van der Waals surface area contributed by atoms with Gasteiger partial charge in [0.25, 0.3) is 5.91 Å². The Bertz CT molecular complexity index is 1180. The van der Waals surface area contributed by atoms with Gasteiger partial charge in [0.1, 0.15) is 11.3 Å². The molecule has 0 bridgehead atoms. The van der Waals surface area contributed by atoms with Crippen molar-refractivity contribution in [2.45, 2.75) is 13.0 Å². The van der Waals surface area contributed by atoms with Gasteiger partial charge < -0.3 is 18.8 Å². The molecule has 2 aromatic carbocycles. The largest absolute Gasteiger partial charge is 0.494 e. The lowest BCUT2D eigenvalue weighted by molar-refractivity contribution is 0.0314. The number of para-hydroxylation sites is 1. The van der Waals surface area contributed by atoms with E-state index >= 15 is 0 Å². The van der Waals surface area contributed by atoms with Crippen molar-refractivity contribution in [2.24, 2.45) is 0 Å². The highest BCUT2D eigenvalue weighted by atomic mass is 16.5. The highest BCUT2D eigenvalue weighted by Crippen LogP contribution is 2.38. The van der Waals surface area contributed by atoms with E-state index in [0.717, 1.165) is 24.4 Å². The second kappa shape index (κ2) is 8.76. The second-order valence-electron chi connectivity index (χ2n) is 8.03. The fourth-order valence-corrected chi connectivity index (χ4v) is 4.53. The van der Waals surface area contributed by atoms with Gasteiger partial charge >= 0.3 is 0 Å². The summed E-state index contributed by atoms with van der Waals surface area (Å²) in [6, 6.07) is 14.2. The molecule has 0 radical (unpaired) electrons. The first-order chi connectivity index (χ1) is 15.7.